The molecule has 0 saturated heterocycles. The molecular formula is C11H11FN4OS. The Bertz CT molecular complexity index is 557. The van der Waals surface area contributed by atoms with Gasteiger partial charge in [0.25, 0.3) is 0 Å². The molecule has 1 aromatic carbocycles. The smallest absolute Gasteiger partial charge is 0.239 e. The van der Waals surface area contributed by atoms with E-state index in [1.807, 2.05) is 0 Å². The molecule has 7 heteroatoms. The van der Waals surface area contributed by atoms with Crippen LogP contribution in [0.3, 0.4) is 0 Å². The van der Waals surface area contributed by atoms with Gasteiger partial charge in [0.2, 0.25) is 11.0 Å². The van der Waals surface area contributed by atoms with Crippen molar-refractivity contribution in [3.63, 3.8) is 0 Å². The number of nitrogens with zero attached hydrogens (tertiary/aromatic N) is 2. The Morgan fingerprint density at radius 2 is 2.17 bits per heavy atom. The average Bonchev–Trinajstić information content (AvgIpc) is 2.79. The molecule has 94 valence electrons. The van der Waals surface area contributed by atoms with Crippen LogP contribution < -0.4 is 11.1 Å². The number of benzene rings is 1. The minimum Gasteiger partial charge on any atom is -0.322 e. The van der Waals surface area contributed by atoms with Crippen LogP contribution in [0.15, 0.2) is 24.3 Å². The largest absolute Gasteiger partial charge is 0.322 e. The summed E-state index contributed by atoms with van der Waals surface area (Å²) in [6.45, 7) is -0.109. The van der Waals surface area contributed by atoms with Crippen molar-refractivity contribution in [3.05, 3.63) is 40.7 Å². The summed E-state index contributed by atoms with van der Waals surface area (Å²) in [5, 5.41) is 11.2. The van der Waals surface area contributed by atoms with Crippen LogP contribution in [0, 0.1) is 5.82 Å². The second-order valence-corrected chi connectivity index (χ2v) is 4.58. The van der Waals surface area contributed by atoms with E-state index in [-0.39, 0.29) is 18.3 Å². The van der Waals surface area contributed by atoms with Crippen molar-refractivity contribution in [3.8, 4) is 0 Å². The highest BCUT2D eigenvalue weighted by atomic mass is 32.1. The fourth-order valence-electron chi connectivity index (χ4n) is 1.35. The SMILES string of the molecule is NCC(=O)Nc1nnc(Cc2ccccc2F)s1. The molecule has 0 bridgehead atoms. The van der Waals surface area contributed by atoms with Gasteiger partial charge in [-0.2, -0.15) is 0 Å². The molecule has 3 N–H and O–H groups in total. The summed E-state index contributed by atoms with van der Waals surface area (Å²) in [4.78, 5) is 11.0. The maximum atomic E-state index is 13.4. The van der Waals surface area contributed by atoms with Gasteiger partial charge >= 0.3 is 0 Å². The Morgan fingerprint density at radius 1 is 1.39 bits per heavy atom. The van der Waals surface area contributed by atoms with E-state index in [1.165, 1.54) is 17.4 Å². The lowest BCUT2D eigenvalue weighted by Crippen LogP contribution is -2.21. The van der Waals surface area contributed by atoms with Gasteiger partial charge < -0.3 is 5.73 Å². The molecule has 1 heterocycles. The Labute approximate surface area is 107 Å². The molecule has 5 nitrogen and oxygen atoms in total. The van der Waals surface area contributed by atoms with Crippen LogP contribution in [0.4, 0.5) is 9.52 Å². The quantitative estimate of drug-likeness (QED) is 0.870. The molecule has 0 saturated carbocycles. The molecule has 0 aliphatic rings. The lowest BCUT2D eigenvalue weighted by Gasteiger charge is -1.98. The molecule has 1 aromatic heterocycles. The molecule has 0 atom stereocenters. The number of aromatic nitrogens is 2. The van der Waals surface area contributed by atoms with Gasteiger partial charge in [-0.3, -0.25) is 10.1 Å². The maximum Gasteiger partial charge on any atom is 0.239 e. The number of anilines is 1. The molecule has 1 amide bonds. The highest BCUT2D eigenvalue weighted by Crippen LogP contribution is 2.19. The van der Waals surface area contributed by atoms with Crippen molar-refractivity contribution in [2.24, 2.45) is 5.73 Å². The van der Waals surface area contributed by atoms with Gasteiger partial charge in [0, 0.05) is 6.42 Å². The highest BCUT2D eigenvalue weighted by Gasteiger charge is 2.09. The third-order valence-corrected chi connectivity index (χ3v) is 3.04. The van der Waals surface area contributed by atoms with Crippen molar-refractivity contribution in [2.75, 3.05) is 11.9 Å². The van der Waals surface area contributed by atoms with Gasteiger partial charge in [0.05, 0.1) is 6.54 Å². The number of nitrogens with one attached hydrogen (secondary N) is 1. The molecule has 0 aliphatic carbocycles. The van der Waals surface area contributed by atoms with E-state index in [1.54, 1.807) is 18.2 Å². The van der Waals surface area contributed by atoms with Crippen LogP contribution in [-0.2, 0) is 11.2 Å². The summed E-state index contributed by atoms with van der Waals surface area (Å²) in [6, 6.07) is 6.48. The van der Waals surface area contributed by atoms with Gasteiger partial charge in [-0.25, -0.2) is 4.39 Å². The third-order valence-electron chi connectivity index (χ3n) is 2.20. The molecular weight excluding hydrogens is 255 g/mol. The number of rotatable bonds is 4. The molecule has 2 aromatic rings. The zero-order valence-electron chi connectivity index (χ0n) is 9.39. The van der Waals surface area contributed by atoms with E-state index in [2.05, 4.69) is 15.5 Å². The second-order valence-electron chi connectivity index (χ2n) is 3.52. The number of nitrogens with two attached hydrogens (primary N) is 1. The Hall–Kier alpha value is -1.86. The summed E-state index contributed by atoms with van der Waals surface area (Å²) in [7, 11) is 0. The van der Waals surface area contributed by atoms with Gasteiger partial charge in [0.15, 0.2) is 0 Å². The van der Waals surface area contributed by atoms with Gasteiger partial charge in [-0.15, -0.1) is 10.2 Å². The van der Waals surface area contributed by atoms with E-state index in [0.29, 0.717) is 22.1 Å². The van der Waals surface area contributed by atoms with E-state index in [4.69, 9.17) is 5.73 Å². The molecule has 0 radical (unpaired) electrons. The van der Waals surface area contributed by atoms with Crippen LogP contribution in [0.5, 0.6) is 0 Å². The predicted octanol–water partition coefficient (Wildman–Crippen LogP) is 1.17. The zero-order chi connectivity index (χ0) is 13.0. The van der Waals surface area contributed by atoms with E-state index >= 15 is 0 Å². The summed E-state index contributed by atoms with van der Waals surface area (Å²) < 4.78 is 13.4. The number of carbonyl (C=O) groups excluding carboxylic acids is 1. The van der Waals surface area contributed by atoms with Crippen molar-refractivity contribution >= 4 is 22.4 Å². The van der Waals surface area contributed by atoms with Crippen molar-refractivity contribution < 1.29 is 9.18 Å². The van der Waals surface area contributed by atoms with E-state index in [0.717, 1.165) is 0 Å². The molecule has 0 unspecified atom stereocenters. The van der Waals surface area contributed by atoms with E-state index < -0.39 is 0 Å². The average molecular weight is 266 g/mol. The summed E-state index contributed by atoms with van der Waals surface area (Å²) in [6.07, 6.45) is 0.350. The standard InChI is InChI=1S/C11H11FN4OS/c12-8-4-2-1-3-7(8)5-10-15-16-11(18-10)14-9(17)6-13/h1-4H,5-6,13H2,(H,14,16,17). The zero-order valence-corrected chi connectivity index (χ0v) is 10.2. The first-order chi connectivity index (χ1) is 8.69. The normalized spacial score (nSPS) is 10.3. The number of carbonyl (C=O) groups is 1. The number of amides is 1. The van der Waals surface area contributed by atoms with Crippen LogP contribution in [0.1, 0.15) is 10.6 Å². The number of hydrogen-bond acceptors (Lipinski definition) is 5. The second kappa shape index (κ2) is 5.65. The van der Waals surface area contributed by atoms with Gasteiger partial charge in [-0.05, 0) is 11.6 Å². The predicted molar refractivity (Wildman–Crippen MR) is 66.8 cm³/mol. The van der Waals surface area contributed by atoms with Crippen LogP contribution in [0.2, 0.25) is 0 Å². The van der Waals surface area contributed by atoms with Gasteiger partial charge in [-0.1, -0.05) is 29.5 Å². The van der Waals surface area contributed by atoms with Crippen LogP contribution in [0.25, 0.3) is 0 Å². The molecule has 0 fully saturated rings. The molecule has 18 heavy (non-hydrogen) atoms. The fourth-order valence-corrected chi connectivity index (χ4v) is 2.13. The summed E-state index contributed by atoms with van der Waals surface area (Å²) in [5.74, 6) is -0.608. The van der Waals surface area contributed by atoms with E-state index in [9.17, 15) is 9.18 Å². The van der Waals surface area contributed by atoms with Crippen molar-refractivity contribution in [1.82, 2.24) is 10.2 Å². The first-order valence-corrected chi connectivity index (χ1v) is 6.06. The topological polar surface area (TPSA) is 80.9 Å². The molecule has 2 rings (SSSR count). The van der Waals surface area contributed by atoms with Crippen molar-refractivity contribution in [1.29, 1.82) is 0 Å². The lowest BCUT2D eigenvalue weighted by molar-refractivity contribution is -0.114. The number of hydrogen-bond donors (Lipinski definition) is 2. The highest BCUT2D eigenvalue weighted by molar-refractivity contribution is 7.15. The summed E-state index contributed by atoms with van der Waals surface area (Å²) in [5.41, 5.74) is 5.71. The molecule has 0 spiro atoms. The summed E-state index contributed by atoms with van der Waals surface area (Å²) >= 11 is 1.20. The minimum atomic E-state index is -0.330. The third kappa shape index (κ3) is 3.08. The first kappa shape index (κ1) is 12.6. The van der Waals surface area contributed by atoms with Gasteiger partial charge in [0.1, 0.15) is 10.8 Å². The fraction of sp³-hybridized carbons (Fsp3) is 0.182. The van der Waals surface area contributed by atoms with Crippen molar-refractivity contribution in [2.45, 2.75) is 6.42 Å². The van der Waals surface area contributed by atoms with Crippen LogP contribution in [-0.4, -0.2) is 22.6 Å². The Kier molecular flexibility index (Phi) is 3.96. The monoisotopic (exact) mass is 266 g/mol. The molecule has 0 aliphatic heterocycles. The minimum absolute atomic E-state index is 0.109. The number of halogens is 1. The maximum absolute atomic E-state index is 13.4. The first-order valence-electron chi connectivity index (χ1n) is 5.24. The Morgan fingerprint density at radius 3 is 2.89 bits per heavy atom. The Balaban J connectivity index is 2.07. The lowest BCUT2D eigenvalue weighted by atomic mass is 10.1. The van der Waals surface area contributed by atoms with Crippen LogP contribution >= 0.6 is 11.3 Å².